The highest BCUT2D eigenvalue weighted by atomic mass is 16.6. The van der Waals surface area contributed by atoms with Gasteiger partial charge in [-0.25, -0.2) is 4.79 Å². The van der Waals surface area contributed by atoms with Crippen LogP contribution in [0.5, 0.6) is 0 Å². The molecule has 0 bridgehead atoms. The van der Waals surface area contributed by atoms with Crippen molar-refractivity contribution < 1.29 is 14.8 Å². The van der Waals surface area contributed by atoms with Gasteiger partial charge in [0.1, 0.15) is 11.9 Å². The van der Waals surface area contributed by atoms with Crippen molar-refractivity contribution in [3.8, 4) is 0 Å². The third kappa shape index (κ3) is 4.75. The number of aliphatic hydroxyl groups excluding tert-OH is 1. The Kier molecular flexibility index (Phi) is 5.59. The van der Waals surface area contributed by atoms with Crippen LogP contribution < -0.4 is 10.6 Å². The van der Waals surface area contributed by atoms with Gasteiger partial charge >= 0.3 is 11.7 Å². The lowest BCUT2D eigenvalue weighted by Crippen LogP contribution is -2.41. The fraction of sp³-hybridized carbons (Fsp3) is 0.200. The maximum Gasteiger partial charge on any atom is 0.319 e. The first-order valence-corrected chi connectivity index (χ1v) is 6.91. The zero-order valence-corrected chi connectivity index (χ0v) is 12.2. The number of carbonyl (C=O) groups excluding carboxylic acids is 1. The van der Waals surface area contributed by atoms with Crippen LogP contribution in [0.25, 0.3) is 0 Å². The molecule has 2 aromatic rings. The predicted octanol–water partition coefficient (Wildman–Crippen LogP) is 1.71. The number of anilines is 1. The van der Waals surface area contributed by atoms with Crippen molar-refractivity contribution in [3.63, 3.8) is 0 Å². The number of aliphatic hydroxyl groups is 1. The average Bonchev–Trinajstić information content (AvgIpc) is 2.55. The number of amides is 2. The molecule has 2 amide bonds. The van der Waals surface area contributed by atoms with E-state index in [1.165, 1.54) is 12.3 Å². The molecular formula is C15H16N4O4. The molecule has 0 saturated carbocycles. The normalized spacial score (nSPS) is 11.5. The molecule has 1 aromatic carbocycles. The van der Waals surface area contributed by atoms with Crippen molar-refractivity contribution >= 4 is 17.4 Å². The summed E-state index contributed by atoms with van der Waals surface area (Å²) in [6.07, 6.45) is 2.85. The number of hydrogen-bond acceptors (Lipinski definition) is 5. The molecule has 0 aliphatic heterocycles. The van der Waals surface area contributed by atoms with Gasteiger partial charge in [-0.2, -0.15) is 0 Å². The number of nitrogens with one attached hydrogen (secondary N) is 2. The zero-order chi connectivity index (χ0) is 16.7. The van der Waals surface area contributed by atoms with Gasteiger partial charge in [0.05, 0.1) is 17.6 Å². The third-order valence-corrected chi connectivity index (χ3v) is 3.13. The van der Waals surface area contributed by atoms with Crippen LogP contribution in [0.1, 0.15) is 5.56 Å². The summed E-state index contributed by atoms with van der Waals surface area (Å²) in [5.41, 5.74) is 0.701. The lowest BCUT2D eigenvalue weighted by molar-refractivity contribution is -0.384. The smallest absolute Gasteiger partial charge is 0.319 e. The highest BCUT2D eigenvalue weighted by Crippen LogP contribution is 2.21. The van der Waals surface area contributed by atoms with Crippen LogP contribution in [0.2, 0.25) is 0 Å². The Morgan fingerprint density at radius 3 is 2.70 bits per heavy atom. The number of hydrogen-bond donors (Lipinski definition) is 3. The van der Waals surface area contributed by atoms with Crippen molar-refractivity contribution in [2.45, 2.75) is 12.5 Å². The molecule has 0 spiro atoms. The molecule has 8 heteroatoms. The fourth-order valence-corrected chi connectivity index (χ4v) is 2.04. The molecule has 1 atom stereocenters. The van der Waals surface area contributed by atoms with E-state index in [-0.39, 0.29) is 18.0 Å². The van der Waals surface area contributed by atoms with E-state index in [0.717, 1.165) is 11.8 Å². The molecule has 0 radical (unpaired) electrons. The standard InChI is InChI=1S/C15H16N4O4/c20-10-12(8-11-4-2-1-3-5-11)17-15(21)18-13-6-7-16-9-14(13)19(22)23/h1-7,9,12,20H,8,10H2,(H2,16,17,18,21)/t12-/m1/s1. The number of benzene rings is 1. The molecule has 120 valence electrons. The third-order valence-electron chi connectivity index (χ3n) is 3.13. The van der Waals surface area contributed by atoms with Crippen LogP contribution in [-0.2, 0) is 6.42 Å². The van der Waals surface area contributed by atoms with Gasteiger partial charge in [0.15, 0.2) is 0 Å². The van der Waals surface area contributed by atoms with Crippen LogP contribution in [0.4, 0.5) is 16.2 Å². The Morgan fingerprint density at radius 1 is 1.30 bits per heavy atom. The minimum absolute atomic E-state index is 0.0406. The van der Waals surface area contributed by atoms with Gasteiger partial charge in [0.2, 0.25) is 0 Å². The number of pyridine rings is 1. The predicted molar refractivity (Wildman–Crippen MR) is 84.1 cm³/mol. The molecule has 0 aliphatic carbocycles. The van der Waals surface area contributed by atoms with Gasteiger partial charge in [-0.1, -0.05) is 30.3 Å². The van der Waals surface area contributed by atoms with E-state index in [4.69, 9.17) is 0 Å². The molecule has 3 N–H and O–H groups in total. The summed E-state index contributed by atoms with van der Waals surface area (Å²) in [6, 6.07) is 9.58. The van der Waals surface area contributed by atoms with Crippen LogP contribution in [0, 0.1) is 10.1 Å². The Balaban J connectivity index is 1.99. The topological polar surface area (TPSA) is 117 Å². The van der Waals surface area contributed by atoms with E-state index in [2.05, 4.69) is 15.6 Å². The van der Waals surface area contributed by atoms with Crippen LogP contribution in [-0.4, -0.2) is 33.7 Å². The Bertz CT molecular complexity index is 678. The average molecular weight is 316 g/mol. The zero-order valence-electron chi connectivity index (χ0n) is 12.2. The number of urea groups is 1. The molecule has 0 unspecified atom stereocenters. The second kappa shape index (κ2) is 7.85. The van der Waals surface area contributed by atoms with Crippen LogP contribution >= 0.6 is 0 Å². The molecule has 8 nitrogen and oxygen atoms in total. The summed E-state index contributed by atoms with van der Waals surface area (Å²) in [6.45, 7) is -0.249. The lowest BCUT2D eigenvalue weighted by atomic mass is 10.1. The van der Waals surface area contributed by atoms with E-state index in [1.807, 2.05) is 30.3 Å². The molecule has 0 fully saturated rings. The SMILES string of the molecule is O=C(Nc1ccncc1[N+](=O)[O-])N[C@@H](CO)Cc1ccccc1. The van der Waals surface area contributed by atoms with Crippen LogP contribution in [0.3, 0.4) is 0 Å². The van der Waals surface area contributed by atoms with E-state index < -0.39 is 17.0 Å². The molecule has 23 heavy (non-hydrogen) atoms. The Morgan fingerprint density at radius 2 is 2.04 bits per heavy atom. The summed E-state index contributed by atoms with van der Waals surface area (Å²) in [5.74, 6) is 0. The molecule has 0 saturated heterocycles. The summed E-state index contributed by atoms with van der Waals surface area (Å²) < 4.78 is 0. The van der Waals surface area contributed by atoms with Crippen molar-refractivity contribution in [2.24, 2.45) is 0 Å². The largest absolute Gasteiger partial charge is 0.394 e. The minimum Gasteiger partial charge on any atom is -0.394 e. The first-order valence-electron chi connectivity index (χ1n) is 6.91. The van der Waals surface area contributed by atoms with Gasteiger partial charge in [-0.3, -0.25) is 15.1 Å². The first-order chi connectivity index (χ1) is 11.1. The fourth-order valence-electron chi connectivity index (χ4n) is 2.04. The van der Waals surface area contributed by atoms with Gasteiger partial charge in [0.25, 0.3) is 0 Å². The summed E-state index contributed by atoms with van der Waals surface area (Å²) in [4.78, 5) is 25.9. The molecule has 2 rings (SSSR count). The minimum atomic E-state index is -0.630. The number of rotatable bonds is 6. The maximum atomic E-state index is 12.0. The first kappa shape index (κ1) is 16.4. The molecular weight excluding hydrogens is 300 g/mol. The molecule has 1 heterocycles. The second-order valence-corrected chi connectivity index (χ2v) is 4.82. The number of carbonyl (C=O) groups is 1. The van der Waals surface area contributed by atoms with Gasteiger partial charge < -0.3 is 15.7 Å². The summed E-state index contributed by atoms with van der Waals surface area (Å²) in [5, 5.41) is 25.2. The number of nitrogens with zero attached hydrogens (tertiary/aromatic N) is 2. The lowest BCUT2D eigenvalue weighted by Gasteiger charge is -2.17. The maximum absolute atomic E-state index is 12.0. The Labute approximate surface area is 132 Å². The van der Waals surface area contributed by atoms with Crippen LogP contribution in [0.15, 0.2) is 48.8 Å². The van der Waals surface area contributed by atoms with E-state index in [9.17, 15) is 20.0 Å². The molecule has 0 aliphatic rings. The van der Waals surface area contributed by atoms with Crippen molar-refractivity contribution in [2.75, 3.05) is 11.9 Å². The van der Waals surface area contributed by atoms with Crippen molar-refractivity contribution in [1.82, 2.24) is 10.3 Å². The van der Waals surface area contributed by atoms with Crippen molar-refractivity contribution in [3.05, 3.63) is 64.5 Å². The van der Waals surface area contributed by atoms with E-state index in [1.54, 1.807) is 0 Å². The summed E-state index contributed by atoms with van der Waals surface area (Å²) >= 11 is 0. The number of aromatic nitrogens is 1. The highest BCUT2D eigenvalue weighted by molar-refractivity contribution is 5.91. The van der Waals surface area contributed by atoms with Gasteiger partial charge in [-0.15, -0.1) is 0 Å². The highest BCUT2D eigenvalue weighted by Gasteiger charge is 2.17. The van der Waals surface area contributed by atoms with E-state index >= 15 is 0 Å². The van der Waals surface area contributed by atoms with E-state index in [0.29, 0.717) is 6.42 Å². The second-order valence-electron chi connectivity index (χ2n) is 4.82. The summed E-state index contributed by atoms with van der Waals surface area (Å²) in [7, 11) is 0. The van der Waals surface area contributed by atoms with Gasteiger partial charge in [-0.05, 0) is 18.1 Å². The number of nitro groups is 1. The Hall–Kier alpha value is -3.00. The van der Waals surface area contributed by atoms with Gasteiger partial charge in [0, 0.05) is 6.20 Å². The monoisotopic (exact) mass is 316 g/mol. The van der Waals surface area contributed by atoms with Crippen molar-refractivity contribution in [1.29, 1.82) is 0 Å². The molecule has 1 aromatic heterocycles. The quantitative estimate of drug-likeness (QED) is 0.554.